The lowest BCUT2D eigenvalue weighted by atomic mass is 9.96. The first-order valence-corrected chi connectivity index (χ1v) is 10.2. The van der Waals surface area contributed by atoms with Gasteiger partial charge in [0, 0.05) is 49.9 Å². The van der Waals surface area contributed by atoms with E-state index in [9.17, 15) is 19.7 Å². The molecule has 1 saturated carbocycles. The van der Waals surface area contributed by atoms with Crippen LogP contribution in [0.4, 0.5) is 5.69 Å². The largest absolute Gasteiger partial charge is 0.383 e. The van der Waals surface area contributed by atoms with Gasteiger partial charge in [0.2, 0.25) is 0 Å². The molecule has 1 unspecified atom stereocenters. The van der Waals surface area contributed by atoms with E-state index in [1.54, 1.807) is 16.6 Å². The molecule has 30 heavy (non-hydrogen) atoms. The summed E-state index contributed by atoms with van der Waals surface area (Å²) in [6.07, 6.45) is 3.62. The normalized spacial score (nSPS) is 19.1. The molecule has 1 aliphatic heterocycles. The predicted octanol–water partition coefficient (Wildman–Crippen LogP) is 1.95. The van der Waals surface area contributed by atoms with Gasteiger partial charge in [0.25, 0.3) is 11.6 Å². The third-order valence-corrected chi connectivity index (χ3v) is 5.71. The van der Waals surface area contributed by atoms with Crippen molar-refractivity contribution in [2.24, 2.45) is 0 Å². The quantitative estimate of drug-likeness (QED) is 0.505. The predicted molar refractivity (Wildman–Crippen MR) is 108 cm³/mol. The summed E-state index contributed by atoms with van der Waals surface area (Å²) in [5.41, 5.74) is 0.271. The first-order valence-electron chi connectivity index (χ1n) is 10.2. The number of hydrogen-bond donors (Lipinski definition) is 0. The first-order chi connectivity index (χ1) is 14.5. The summed E-state index contributed by atoms with van der Waals surface area (Å²) < 4.78 is 8.36. The van der Waals surface area contributed by atoms with Crippen LogP contribution in [0.25, 0.3) is 0 Å². The fourth-order valence-corrected chi connectivity index (χ4v) is 4.00. The number of nitro groups is 1. The number of amides is 1. The van der Waals surface area contributed by atoms with Crippen LogP contribution >= 0.6 is 0 Å². The summed E-state index contributed by atoms with van der Waals surface area (Å²) in [5.74, 6) is 0.575. The van der Waals surface area contributed by atoms with Crippen LogP contribution in [0.2, 0.25) is 0 Å². The van der Waals surface area contributed by atoms with E-state index < -0.39 is 4.92 Å². The maximum absolute atomic E-state index is 12.9. The average molecular weight is 415 g/mol. The van der Waals surface area contributed by atoms with E-state index in [1.165, 1.54) is 28.9 Å². The Labute approximate surface area is 173 Å². The molecule has 10 nitrogen and oxygen atoms in total. The number of carbonyl (C=O) groups excluding carboxylic acids is 1. The van der Waals surface area contributed by atoms with Gasteiger partial charge in [-0.3, -0.25) is 19.5 Å². The molecule has 4 rings (SSSR count). The van der Waals surface area contributed by atoms with Crippen LogP contribution in [-0.2, 0) is 11.3 Å². The first kappa shape index (κ1) is 20.3. The third kappa shape index (κ3) is 4.00. The summed E-state index contributed by atoms with van der Waals surface area (Å²) in [6.45, 7) is 1.91. The summed E-state index contributed by atoms with van der Waals surface area (Å²) >= 11 is 0. The smallest absolute Gasteiger partial charge is 0.346 e. The van der Waals surface area contributed by atoms with E-state index in [2.05, 4.69) is 5.10 Å². The zero-order chi connectivity index (χ0) is 21.3. The van der Waals surface area contributed by atoms with Crippen molar-refractivity contribution >= 4 is 11.6 Å². The van der Waals surface area contributed by atoms with E-state index in [4.69, 9.17) is 4.74 Å². The van der Waals surface area contributed by atoms with Gasteiger partial charge in [0.15, 0.2) is 0 Å². The van der Waals surface area contributed by atoms with Crippen molar-refractivity contribution in [3.63, 3.8) is 0 Å². The topological polar surface area (TPSA) is 112 Å². The number of likely N-dealkylation sites (tertiary alicyclic amines) is 1. The van der Waals surface area contributed by atoms with Crippen molar-refractivity contribution in [3.05, 3.63) is 56.3 Å². The number of non-ortho nitro benzene ring substituents is 1. The number of nitro benzene ring substituents is 1. The molecule has 0 spiro atoms. The molecular weight excluding hydrogens is 390 g/mol. The summed E-state index contributed by atoms with van der Waals surface area (Å²) in [6, 6.07) is 5.87. The molecule has 1 aromatic carbocycles. The molecular formula is C20H25N5O5. The summed E-state index contributed by atoms with van der Waals surface area (Å²) in [5, 5.41) is 15.4. The van der Waals surface area contributed by atoms with Gasteiger partial charge in [0.05, 0.1) is 18.1 Å². The van der Waals surface area contributed by atoms with Gasteiger partial charge in [-0.2, -0.15) is 5.10 Å². The van der Waals surface area contributed by atoms with Gasteiger partial charge in [-0.05, 0) is 37.8 Å². The highest BCUT2D eigenvalue weighted by Gasteiger charge is 2.35. The minimum Gasteiger partial charge on any atom is -0.383 e. The Bertz CT molecular complexity index is 992. The second-order valence-electron chi connectivity index (χ2n) is 7.85. The fourth-order valence-electron chi connectivity index (χ4n) is 4.00. The molecule has 1 aromatic heterocycles. The third-order valence-electron chi connectivity index (χ3n) is 5.71. The number of aromatic nitrogens is 3. The Morgan fingerprint density at radius 2 is 2.00 bits per heavy atom. The molecule has 2 fully saturated rings. The lowest BCUT2D eigenvalue weighted by Gasteiger charge is -2.32. The number of benzene rings is 1. The number of ether oxygens (including phenoxy) is 1. The van der Waals surface area contributed by atoms with Gasteiger partial charge >= 0.3 is 5.69 Å². The Kier molecular flexibility index (Phi) is 5.67. The van der Waals surface area contributed by atoms with Crippen LogP contribution in [0, 0.1) is 10.1 Å². The molecule has 10 heteroatoms. The number of rotatable bonds is 7. The second kappa shape index (κ2) is 8.39. The number of hydrogen-bond acceptors (Lipinski definition) is 6. The van der Waals surface area contributed by atoms with Crippen molar-refractivity contribution in [1.82, 2.24) is 19.2 Å². The molecule has 1 amide bonds. The molecule has 0 bridgehead atoms. The lowest BCUT2D eigenvalue weighted by Crippen LogP contribution is -2.40. The lowest BCUT2D eigenvalue weighted by molar-refractivity contribution is -0.384. The van der Waals surface area contributed by atoms with E-state index in [0.29, 0.717) is 31.8 Å². The van der Waals surface area contributed by atoms with Crippen molar-refractivity contribution < 1.29 is 14.5 Å². The van der Waals surface area contributed by atoms with Crippen molar-refractivity contribution in [2.45, 2.75) is 44.2 Å². The maximum Gasteiger partial charge on any atom is 0.346 e. The monoisotopic (exact) mass is 415 g/mol. The van der Waals surface area contributed by atoms with Crippen LogP contribution in [0.5, 0.6) is 0 Å². The van der Waals surface area contributed by atoms with Gasteiger partial charge in [-0.15, -0.1) is 0 Å². The number of nitrogens with zero attached hydrogens (tertiary/aromatic N) is 5. The summed E-state index contributed by atoms with van der Waals surface area (Å²) in [4.78, 5) is 37.9. The molecule has 2 heterocycles. The Morgan fingerprint density at radius 1 is 1.27 bits per heavy atom. The molecule has 1 aliphatic carbocycles. The number of piperidine rings is 1. The van der Waals surface area contributed by atoms with Gasteiger partial charge in [-0.25, -0.2) is 9.48 Å². The van der Waals surface area contributed by atoms with E-state index >= 15 is 0 Å². The van der Waals surface area contributed by atoms with Crippen LogP contribution in [0.3, 0.4) is 0 Å². The van der Waals surface area contributed by atoms with Crippen molar-refractivity contribution in [1.29, 1.82) is 0 Å². The number of carbonyl (C=O) groups is 1. The van der Waals surface area contributed by atoms with Gasteiger partial charge < -0.3 is 9.64 Å². The van der Waals surface area contributed by atoms with E-state index in [1.807, 2.05) is 0 Å². The minimum absolute atomic E-state index is 0.0159. The second-order valence-corrected chi connectivity index (χ2v) is 7.85. The van der Waals surface area contributed by atoms with Crippen LogP contribution in [-0.4, -0.2) is 56.9 Å². The van der Waals surface area contributed by atoms with Crippen molar-refractivity contribution in [2.75, 3.05) is 26.8 Å². The molecule has 160 valence electrons. The Hall–Kier alpha value is -3.01. The molecule has 2 aromatic rings. The van der Waals surface area contributed by atoms with Crippen LogP contribution in [0.15, 0.2) is 29.1 Å². The Balaban J connectivity index is 1.54. The highest BCUT2D eigenvalue weighted by atomic mass is 16.6. The minimum atomic E-state index is -0.484. The zero-order valence-electron chi connectivity index (χ0n) is 16.9. The molecule has 1 saturated heterocycles. The summed E-state index contributed by atoms with van der Waals surface area (Å²) in [7, 11) is 1.59. The molecule has 0 N–H and O–H groups in total. The molecule has 2 aliphatic rings. The van der Waals surface area contributed by atoms with Gasteiger partial charge in [-0.1, -0.05) is 0 Å². The zero-order valence-corrected chi connectivity index (χ0v) is 16.9. The Morgan fingerprint density at radius 3 is 2.63 bits per heavy atom. The van der Waals surface area contributed by atoms with Gasteiger partial charge in [0.1, 0.15) is 5.82 Å². The van der Waals surface area contributed by atoms with E-state index in [0.717, 1.165) is 31.5 Å². The molecule has 1 atom stereocenters. The standard InChI is InChI=1S/C20H25N5O5/c1-30-12-11-23-20(27)24(16-8-9-16)18(21-23)15-3-2-10-22(13-15)19(26)14-4-6-17(7-5-14)25(28)29/h4-7,15-16H,2-3,8-13H2,1H3. The SMILES string of the molecule is COCCn1nc(C2CCCN(C(=O)c3ccc([N+](=O)[O-])cc3)C2)n(C2CC2)c1=O. The van der Waals surface area contributed by atoms with Crippen LogP contribution < -0.4 is 5.69 Å². The maximum atomic E-state index is 12.9. The fraction of sp³-hybridized carbons (Fsp3) is 0.550. The molecule has 0 radical (unpaired) electrons. The van der Waals surface area contributed by atoms with Crippen LogP contribution in [0.1, 0.15) is 53.8 Å². The number of methoxy groups -OCH3 is 1. The van der Waals surface area contributed by atoms with Crippen molar-refractivity contribution in [3.8, 4) is 0 Å². The van der Waals surface area contributed by atoms with E-state index in [-0.39, 0.29) is 29.2 Å². The average Bonchev–Trinajstić information content (AvgIpc) is 3.55. The highest BCUT2D eigenvalue weighted by molar-refractivity contribution is 5.94. The highest BCUT2D eigenvalue weighted by Crippen LogP contribution is 2.37.